The second kappa shape index (κ2) is 10.4. The van der Waals surface area contributed by atoms with Gasteiger partial charge in [-0.05, 0) is 23.6 Å². The van der Waals surface area contributed by atoms with Crippen LogP contribution in [-0.4, -0.2) is 98.2 Å². The van der Waals surface area contributed by atoms with Crippen LogP contribution in [0.3, 0.4) is 0 Å². The molecule has 0 bridgehead atoms. The first-order valence-corrected chi connectivity index (χ1v) is 11.6. The first kappa shape index (κ1) is 26.5. The van der Waals surface area contributed by atoms with Crippen LogP contribution in [0.5, 0.6) is 5.75 Å². The molecule has 0 radical (unpaired) electrons. The summed E-state index contributed by atoms with van der Waals surface area (Å²) in [5, 5.41) is 60.5. The van der Waals surface area contributed by atoms with Gasteiger partial charge in [-0.3, -0.25) is 4.79 Å². The minimum Gasteiger partial charge on any atom is -0.508 e. The highest BCUT2D eigenvalue weighted by molar-refractivity contribution is 6.04. The molecule has 0 unspecified atom stereocenters. The van der Waals surface area contributed by atoms with E-state index < -0.39 is 72.8 Å². The number of aliphatic hydroxyl groups is 5. The van der Waals surface area contributed by atoms with Gasteiger partial charge in [0.1, 0.15) is 42.0 Å². The Morgan fingerprint density at radius 3 is 2.47 bits per heavy atom. The Morgan fingerprint density at radius 1 is 1.11 bits per heavy atom. The Hall–Kier alpha value is -2.58. The molecule has 1 aliphatic carbocycles. The van der Waals surface area contributed by atoms with E-state index in [4.69, 9.17) is 18.9 Å². The number of fused-ring (bicyclic) bond motifs is 1. The lowest BCUT2D eigenvalue weighted by Crippen LogP contribution is -2.61. The summed E-state index contributed by atoms with van der Waals surface area (Å²) >= 11 is 0. The number of hydrogen-bond donors (Lipinski definition) is 6. The van der Waals surface area contributed by atoms with Crippen molar-refractivity contribution in [3.63, 3.8) is 0 Å². The molecule has 198 valence electrons. The molecule has 12 heteroatoms. The maximum Gasteiger partial charge on any atom is 0.340 e. The molecule has 4 rings (SSSR count). The zero-order chi connectivity index (χ0) is 26.2. The van der Waals surface area contributed by atoms with E-state index in [1.807, 2.05) is 0 Å². The van der Waals surface area contributed by atoms with Crippen LogP contribution in [0.15, 0.2) is 36.1 Å². The van der Waals surface area contributed by atoms with Crippen LogP contribution >= 0.6 is 0 Å². The van der Waals surface area contributed by atoms with Gasteiger partial charge in [-0.2, -0.15) is 0 Å². The molecule has 9 atom stereocenters. The van der Waals surface area contributed by atoms with Crippen LogP contribution in [0.2, 0.25) is 0 Å². The van der Waals surface area contributed by atoms with Crippen LogP contribution in [-0.2, 0) is 35.0 Å². The highest BCUT2D eigenvalue weighted by Gasteiger charge is 2.63. The number of phenols is 1. The third-order valence-electron chi connectivity index (χ3n) is 6.95. The number of Topliss-reactive ketones (excluding diaryl/α,β-unsaturated/α-hetero) is 1. The van der Waals surface area contributed by atoms with Crippen LogP contribution in [0.1, 0.15) is 18.9 Å². The lowest BCUT2D eigenvalue weighted by molar-refractivity contribution is -0.346. The van der Waals surface area contributed by atoms with Crippen molar-refractivity contribution in [2.75, 3.05) is 13.2 Å². The van der Waals surface area contributed by atoms with E-state index >= 15 is 0 Å². The second-order valence-electron chi connectivity index (χ2n) is 9.32. The predicted molar refractivity (Wildman–Crippen MR) is 118 cm³/mol. The third-order valence-corrected chi connectivity index (χ3v) is 6.95. The molecule has 1 saturated heterocycles. The van der Waals surface area contributed by atoms with E-state index in [1.54, 1.807) is 19.1 Å². The number of ketones is 1. The summed E-state index contributed by atoms with van der Waals surface area (Å²) in [4.78, 5) is 25.7. The molecule has 6 N–H and O–H groups in total. The number of benzene rings is 1. The quantitative estimate of drug-likeness (QED) is 0.233. The minimum absolute atomic E-state index is 0.0593. The van der Waals surface area contributed by atoms with E-state index in [-0.39, 0.29) is 24.4 Å². The fourth-order valence-corrected chi connectivity index (χ4v) is 4.91. The van der Waals surface area contributed by atoms with Crippen molar-refractivity contribution in [1.82, 2.24) is 0 Å². The number of hydrogen-bond acceptors (Lipinski definition) is 12. The van der Waals surface area contributed by atoms with Crippen molar-refractivity contribution in [3.8, 4) is 5.75 Å². The number of esters is 1. The Bertz CT molecular complexity index is 991. The van der Waals surface area contributed by atoms with Gasteiger partial charge in [0.15, 0.2) is 17.7 Å². The molecule has 3 aliphatic rings. The number of rotatable bonds is 7. The highest BCUT2D eigenvalue weighted by atomic mass is 16.8. The molecular weight excluding hydrogens is 480 g/mol. The van der Waals surface area contributed by atoms with Gasteiger partial charge in [-0.25, -0.2) is 4.79 Å². The zero-order valence-electron chi connectivity index (χ0n) is 19.5. The molecule has 2 fully saturated rings. The second-order valence-corrected chi connectivity index (χ2v) is 9.32. The van der Waals surface area contributed by atoms with Crippen LogP contribution in [0.4, 0.5) is 0 Å². The number of aliphatic hydroxyl groups excluding tert-OH is 4. The number of aromatic hydroxyl groups is 1. The molecule has 0 aromatic heterocycles. The van der Waals surface area contributed by atoms with Crippen LogP contribution < -0.4 is 0 Å². The maximum atomic E-state index is 12.9. The van der Waals surface area contributed by atoms with Gasteiger partial charge in [-0.15, -0.1) is 0 Å². The Balaban J connectivity index is 1.49. The van der Waals surface area contributed by atoms with Gasteiger partial charge in [0.05, 0.1) is 19.1 Å². The maximum absolute atomic E-state index is 12.9. The minimum atomic E-state index is -2.29. The largest absolute Gasteiger partial charge is 0.508 e. The monoisotopic (exact) mass is 510 g/mol. The molecule has 36 heavy (non-hydrogen) atoms. The molecule has 0 amide bonds. The van der Waals surface area contributed by atoms with Crippen molar-refractivity contribution in [1.29, 1.82) is 0 Å². The average molecular weight is 510 g/mol. The Morgan fingerprint density at radius 2 is 1.81 bits per heavy atom. The summed E-state index contributed by atoms with van der Waals surface area (Å²) in [5.74, 6) is -3.07. The molecule has 2 aliphatic heterocycles. The number of carbonyl (C=O) groups is 2. The first-order chi connectivity index (χ1) is 17.1. The molecule has 1 aromatic rings. The highest BCUT2D eigenvalue weighted by Crippen LogP contribution is 2.48. The van der Waals surface area contributed by atoms with Crippen molar-refractivity contribution in [2.45, 2.75) is 62.4 Å². The van der Waals surface area contributed by atoms with Crippen molar-refractivity contribution in [3.05, 3.63) is 41.7 Å². The summed E-state index contributed by atoms with van der Waals surface area (Å²) in [6, 6.07) is 6.32. The summed E-state index contributed by atoms with van der Waals surface area (Å²) < 4.78 is 21.8. The molecule has 0 spiro atoms. The summed E-state index contributed by atoms with van der Waals surface area (Å²) in [6.45, 7) is 0.932. The van der Waals surface area contributed by atoms with Crippen LogP contribution in [0, 0.1) is 11.8 Å². The number of carbonyl (C=O) groups excluding carboxylic acids is 2. The lowest BCUT2D eigenvalue weighted by Gasteiger charge is -2.44. The van der Waals surface area contributed by atoms with Gasteiger partial charge >= 0.3 is 5.97 Å². The van der Waals surface area contributed by atoms with Crippen LogP contribution in [0.25, 0.3) is 0 Å². The van der Waals surface area contributed by atoms with E-state index in [0.29, 0.717) is 6.42 Å². The smallest absolute Gasteiger partial charge is 0.340 e. The lowest BCUT2D eigenvalue weighted by atomic mass is 9.78. The van der Waals surface area contributed by atoms with E-state index in [2.05, 4.69) is 0 Å². The number of ether oxygens (including phenoxy) is 4. The molecule has 1 saturated carbocycles. The topological polar surface area (TPSA) is 192 Å². The SMILES string of the molecule is C[C@@H]1CC(=O)[C@]2(O)C(C(=O)OCCc3ccc(O)cc3)=CO[C@@H](O[C@@H]3O[C@H](CO)[C@@H](O)[C@H](O)[C@H]3O)[C@H]12. The van der Waals surface area contributed by atoms with Gasteiger partial charge in [0.25, 0.3) is 0 Å². The first-order valence-electron chi connectivity index (χ1n) is 11.6. The normalized spacial score (nSPS) is 38.2. The van der Waals surface area contributed by atoms with Gasteiger partial charge in [-0.1, -0.05) is 19.1 Å². The van der Waals surface area contributed by atoms with E-state index in [0.717, 1.165) is 11.8 Å². The standard InChI is InChI=1S/C24H30O12/c1-11-8-16(27)24(32)14(21(31)33-7-6-12-2-4-13(26)5-3-12)10-34-22(17(11)24)36-23-20(30)19(29)18(28)15(9-25)35-23/h2-5,10-11,15,17-20,22-23,25-26,28-30,32H,6-9H2,1H3/t11-,15-,17+,18-,19+,20-,22+,23+,24-/m1/s1. The zero-order valence-corrected chi connectivity index (χ0v) is 19.5. The molecule has 2 heterocycles. The Labute approximate surface area is 206 Å². The molecule has 12 nitrogen and oxygen atoms in total. The third kappa shape index (κ3) is 4.73. The Kier molecular flexibility index (Phi) is 7.67. The summed E-state index contributed by atoms with van der Waals surface area (Å²) in [6.07, 6.45) is -8.05. The molecular formula is C24H30O12. The fourth-order valence-electron chi connectivity index (χ4n) is 4.91. The van der Waals surface area contributed by atoms with Crippen molar-refractivity contribution < 1.29 is 59.2 Å². The predicted octanol–water partition coefficient (Wildman–Crippen LogP) is -1.51. The van der Waals surface area contributed by atoms with Gasteiger partial charge in [0, 0.05) is 12.8 Å². The summed E-state index contributed by atoms with van der Waals surface area (Å²) in [5.41, 5.74) is -1.88. The average Bonchev–Trinajstić information content (AvgIpc) is 3.09. The van der Waals surface area contributed by atoms with Crippen molar-refractivity contribution in [2.24, 2.45) is 11.8 Å². The van der Waals surface area contributed by atoms with Gasteiger partial charge in [0.2, 0.25) is 6.29 Å². The van der Waals surface area contributed by atoms with Crippen molar-refractivity contribution >= 4 is 11.8 Å². The van der Waals surface area contributed by atoms with E-state index in [9.17, 15) is 40.2 Å². The van der Waals surface area contributed by atoms with Gasteiger partial charge < -0.3 is 49.6 Å². The number of phenolic OH excluding ortho intramolecular Hbond substituents is 1. The summed E-state index contributed by atoms with van der Waals surface area (Å²) in [7, 11) is 0. The fraction of sp³-hybridized carbons (Fsp3) is 0.583. The van der Waals surface area contributed by atoms with E-state index in [1.165, 1.54) is 12.1 Å². The molecule has 1 aromatic carbocycles.